The second kappa shape index (κ2) is 8.91. The highest BCUT2D eigenvalue weighted by atomic mass is 31.2. The highest BCUT2D eigenvalue weighted by molar-refractivity contribution is 7.57. The van der Waals surface area contributed by atoms with Crippen molar-refractivity contribution in [2.75, 3.05) is 13.2 Å². The first-order valence-electron chi connectivity index (χ1n) is 6.46. The van der Waals surface area contributed by atoms with Crippen LogP contribution in [-0.4, -0.2) is 13.2 Å². The molecule has 0 aromatic rings. The van der Waals surface area contributed by atoms with Gasteiger partial charge in [0.15, 0.2) is 0 Å². The lowest BCUT2D eigenvalue weighted by Gasteiger charge is -2.17. The molecule has 3 nitrogen and oxygen atoms in total. The predicted octanol–water partition coefficient (Wildman–Crippen LogP) is 4.84. The van der Waals surface area contributed by atoms with Crippen LogP contribution in [0.15, 0.2) is 11.9 Å². The maximum atomic E-state index is 12.4. The van der Waals surface area contributed by atoms with Crippen LogP contribution in [0.4, 0.5) is 0 Å². The molecular formula is C13H27O3P. The van der Waals surface area contributed by atoms with E-state index in [1.807, 2.05) is 33.8 Å². The average molecular weight is 262 g/mol. The molecule has 0 aromatic carbocycles. The molecule has 0 saturated heterocycles. The van der Waals surface area contributed by atoms with E-state index in [1.54, 1.807) is 5.82 Å². The summed E-state index contributed by atoms with van der Waals surface area (Å²) >= 11 is 0. The van der Waals surface area contributed by atoms with E-state index in [0.717, 1.165) is 12.8 Å². The van der Waals surface area contributed by atoms with Gasteiger partial charge in [-0.05, 0) is 18.3 Å². The molecule has 0 atom stereocenters. The molecule has 0 saturated carbocycles. The number of allylic oxidation sites excluding steroid dienone is 1. The van der Waals surface area contributed by atoms with Crippen LogP contribution in [0, 0.1) is 11.8 Å². The lowest BCUT2D eigenvalue weighted by Crippen LogP contribution is -2.05. The summed E-state index contributed by atoms with van der Waals surface area (Å²) in [6.45, 7) is 11.1. The summed E-state index contributed by atoms with van der Waals surface area (Å²) in [5.74, 6) is 2.32. The van der Waals surface area contributed by atoms with E-state index < -0.39 is 7.60 Å². The standard InChI is InChI=1S/C13H27O3P/c1-6-7-8-9-17(14,15-10-12(2)3)16-11-13(4)5/h8-9,12-13H,6-7,10-11H2,1-5H3. The lowest BCUT2D eigenvalue weighted by molar-refractivity contribution is 0.180. The van der Waals surface area contributed by atoms with E-state index in [0.29, 0.717) is 25.0 Å². The number of rotatable bonds is 9. The molecule has 0 aliphatic carbocycles. The Hall–Kier alpha value is -0.110. The van der Waals surface area contributed by atoms with Gasteiger partial charge >= 0.3 is 7.60 Å². The minimum Gasteiger partial charge on any atom is -0.305 e. The minimum atomic E-state index is -3.04. The zero-order chi connectivity index (χ0) is 13.3. The number of hydrogen-bond acceptors (Lipinski definition) is 3. The van der Waals surface area contributed by atoms with Crippen LogP contribution in [0.25, 0.3) is 0 Å². The van der Waals surface area contributed by atoms with Crippen LogP contribution < -0.4 is 0 Å². The van der Waals surface area contributed by atoms with Crippen molar-refractivity contribution < 1.29 is 13.6 Å². The van der Waals surface area contributed by atoms with Crippen molar-refractivity contribution in [3.63, 3.8) is 0 Å². The molecule has 0 N–H and O–H groups in total. The van der Waals surface area contributed by atoms with Gasteiger partial charge < -0.3 is 9.05 Å². The van der Waals surface area contributed by atoms with Gasteiger partial charge in [0.2, 0.25) is 0 Å². The van der Waals surface area contributed by atoms with Crippen LogP contribution in [0.2, 0.25) is 0 Å². The minimum absolute atomic E-state index is 0.352. The fourth-order valence-electron chi connectivity index (χ4n) is 1.000. The van der Waals surface area contributed by atoms with Crippen molar-refractivity contribution in [1.29, 1.82) is 0 Å². The largest absolute Gasteiger partial charge is 0.353 e. The molecule has 0 aliphatic rings. The third-order valence-corrected chi connectivity index (χ3v) is 3.51. The van der Waals surface area contributed by atoms with E-state index in [-0.39, 0.29) is 0 Å². The van der Waals surface area contributed by atoms with E-state index in [1.165, 1.54) is 0 Å². The summed E-state index contributed by atoms with van der Waals surface area (Å²) in [5.41, 5.74) is 0. The second-order valence-corrected chi connectivity index (χ2v) is 6.99. The summed E-state index contributed by atoms with van der Waals surface area (Å²) in [7, 11) is -3.04. The summed E-state index contributed by atoms with van der Waals surface area (Å²) in [6.07, 6.45) is 3.83. The van der Waals surface area contributed by atoms with Crippen LogP contribution in [0.5, 0.6) is 0 Å². The molecule has 17 heavy (non-hydrogen) atoms. The van der Waals surface area contributed by atoms with Gasteiger partial charge in [-0.3, -0.25) is 4.57 Å². The molecule has 102 valence electrons. The van der Waals surface area contributed by atoms with Crippen molar-refractivity contribution in [3.05, 3.63) is 11.9 Å². The highest BCUT2D eigenvalue weighted by Gasteiger charge is 2.21. The molecule has 0 bridgehead atoms. The first-order valence-corrected chi connectivity index (χ1v) is 8.07. The van der Waals surface area contributed by atoms with Gasteiger partial charge in [-0.1, -0.05) is 47.1 Å². The van der Waals surface area contributed by atoms with Gasteiger partial charge in [0.05, 0.1) is 13.2 Å². The SMILES string of the molecule is CCCC=CP(=O)(OCC(C)C)OCC(C)C. The van der Waals surface area contributed by atoms with Crippen molar-refractivity contribution in [1.82, 2.24) is 0 Å². The van der Waals surface area contributed by atoms with Crippen molar-refractivity contribution in [3.8, 4) is 0 Å². The zero-order valence-corrected chi connectivity index (χ0v) is 12.7. The zero-order valence-electron chi connectivity index (χ0n) is 11.8. The van der Waals surface area contributed by atoms with Gasteiger partial charge in [0.1, 0.15) is 0 Å². The predicted molar refractivity (Wildman–Crippen MR) is 73.2 cm³/mol. The van der Waals surface area contributed by atoms with E-state index in [9.17, 15) is 4.57 Å². The van der Waals surface area contributed by atoms with Crippen LogP contribution in [0.1, 0.15) is 47.5 Å². The average Bonchev–Trinajstić information content (AvgIpc) is 2.24. The van der Waals surface area contributed by atoms with Crippen LogP contribution >= 0.6 is 7.60 Å². The van der Waals surface area contributed by atoms with Crippen LogP contribution in [0.3, 0.4) is 0 Å². The van der Waals surface area contributed by atoms with Gasteiger partial charge in [0.25, 0.3) is 0 Å². The third kappa shape index (κ3) is 9.58. The summed E-state index contributed by atoms with van der Waals surface area (Å²) in [5, 5.41) is 0. The highest BCUT2D eigenvalue weighted by Crippen LogP contribution is 2.50. The Morgan fingerprint density at radius 3 is 1.88 bits per heavy atom. The van der Waals surface area contributed by atoms with Gasteiger partial charge in [-0.25, -0.2) is 0 Å². The van der Waals surface area contributed by atoms with Gasteiger partial charge in [0, 0.05) is 5.82 Å². The van der Waals surface area contributed by atoms with E-state index in [2.05, 4.69) is 6.92 Å². The Morgan fingerprint density at radius 1 is 1.06 bits per heavy atom. The topological polar surface area (TPSA) is 35.5 Å². The molecule has 0 heterocycles. The quantitative estimate of drug-likeness (QED) is 0.558. The van der Waals surface area contributed by atoms with Crippen molar-refractivity contribution in [2.45, 2.75) is 47.5 Å². The second-order valence-electron chi connectivity index (χ2n) is 5.09. The molecule has 0 aliphatic heterocycles. The Morgan fingerprint density at radius 2 is 1.53 bits per heavy atom. The summed E-state index contributed by atoms with van der Waals surface area (Å²) in [6, 6.07) is 0. The maximum absolute atomic E-state index is 12.4. The molecule has 0 aromatic heterocycles. The Balaban J connectivity index is 4.40. The fourth-order valence-corrected chi connectivity index (χ4v) is 2.67. The van der Waals surface area contributed by atoms with Crippen molar-refractivity contribution >= 4 is 7.60 Å². The van der Waals surface area contributed by atoms with Crippen molar-refractivity contribution in [2.24, 2.45) is 11.8 Å². The molecule has 0 spiro atoms. The van der Waals surface area contributed by atoms with Gasteiger partial charge in [-0.2, -0.15) is 0 Å². The number of hydrogen-bond donors (Lipinski definition) is 0. The Bertz CT molecular complexity index is 243. The van der Waals surface area contributed by atoms with E-state index in [4.69, 9.17) is 9.05 Å². The molecule has 0 unspecified atom stereocenters. The third-order valence-electron chi connectivity index (χ3n) is 1.92. The normalized spacial score (nSPS) is 13.1. The fraction of sp³-hybridized carbons (Fsp3) is 0.846. The molecule has 0 amide bonds. The maximum Gasteiger partial charge on any atom is 0.353 e. The molecule has 0 rings (SSSR count). The monoisotopic (exact) mass is 262 g/mol. The smallest absolute Gasteiger partial charge is 0.305 e. The summed E-state index contributed by atoms with van der Waals surface area (Å²) in [4.78, 5) is 0. The van der Waals surface area contributed by atoms with E-state index >= 15 is 0 Å². The lowest BCUT2D eigenvalue weighted by atomic mass is 10.2. The molecule has 0 fully saturated rings. The van der Waals surface area contributed by atoms with Gasteiger partial charge in [-0.15, -0.1) is 0 Å². The molecule has 4 heteroatoms. The Kier molecular flexibility index (Phi) is 8.85. The first-order chi connectivity index (χ1) is 7.89. The summed E-state index contributed by atoms with van der Waals surface area (Å²) < 4.78 is 23.2. The molecular weight excluding hydrogens is 235 g/mol. The van der Waals surface area contributed by atoms with Crippen LogP contribution in [-0.2, 0) is 13.6 Å². The molecule has 0 radical (unpaired) electrons. The Labute approximate surface area is 106 Å². The first kappa shape index (κ1) is 16.9. The number of unbranched alkanes of at least 4 members (excludes halogenated alkanes) is 1.